The van der Waals surface area contributed by atoms with Crippen molar-refractivity contribution in [3.8, 4) is 11.3 Å². The minimum Gasteiger partial charge on any atom is -0.300 e. The van der Waals surface area contributed by atoms with Gasteiger partial charge in [-0.1, -0.05) is 11.3 Å². The van der Waals surface area contributed by atoms with Crippen LogP contribution in [0.2, 0.25) is 0 Å². The minimum atomic E-state index is -0.265. The summed E-state index contributed by atoms with van der Waals surface area (Å²) in [5, 5.41) is 8.87. The van der Waals surface area contributed by atoms with Crippen molar-refractivity contribution >= 4 is 11.3 Å². The third-order valence-electron chi connectivity index (χ3n) is 7.62. The van der Waals surface area contributed by atoms with Gasteiger partial charge in [-0.25, -0.2) is 8.91 Å². The summed E-state index contributed by atoms with van der Waals surface area (Å²) < 4.78 is 15.3. The van der Waals surface area contributed by atoms with Crippen LogP contribution < -0.4 is 0 Å². The molecule has 166 valence electrons. The lowest BCUT2D eigenvalue weighted by atomic mass is 9.59. The topological polar surface area (TPSA) is 60.2 Å². The molecule has 0 bridgehead atoms. The Labute approximate surface area is 191 Å². The molecule has 0 spiro atoms. The minimum absolute atomic E-state index is 0.135. The molecule has 0 radical (unpaired) electrons. The van der Waals surface area contributed by atoms with Gasteiger partial charge in [0.15, 0.2) is 0 Å². The Kier molecular flexibility index (Phi) is 4.82. The smallest absolute Gasteiger partial charge is 0.133 e. The molecule has 0 aliphatic heterocycles. The molecule has 1 aromatic carbocycles. The third-order valence-corrected chi connectivity index (χ3v) is 7.62. The van der Waals surface area contributed by atoms with Crippen LogP contribution in [0.25, 0.3) is 16.8 Å². The fourth-order valence-corrected chi connectivity index (χ4v) is 6.01. The number of benzene rings is 1. The highest BCUT2D eigenvalue weighted by Crippen LogP contribution is 2.50. The number of nitrogens with zero attached hydrogens (tertiary/aromatic N) is 4. The average Bonchev–Trinajstić information content (AvgIpc) is 3.18. The van der Waals surface area contributed by atoms with Crippen molar-refractivity contribution in [1.29, 1.82) is 0 Å². The summed E-state index contributed by atoms with van der Waals surface area (Å²) in [5.74, 6) is 0.415. The lowest BCUT2D eigenvalue weighted by Crippen LogP contribution is -2.43. The summed E-state index contributed by atoms with van der Waals surface area (Å²) in [5.41, 5.74) is 6.06. The molecule has 2 aliphatic rings. The Morgan fingerprint density at radius 2 is 2.00 bits per heavy atom. The van der Waals surface area contributed by atoms with Crippen molar-refractivity contribution in [3.05, 3.63) is 83.6 Å². The van der Waals surface area contributed by atoms with Crippen LogP contribution in [0.5, 0.6) is 0 Å². The number of rotatable bonds is 3. The van der Waals surface area contributed by atoms with E-state index in [2.05, 4.69) is 33.6 Å². The lowest BCUT2D eigenvalue weighted by molar-refractivity contribution is -0.123. The molecule has 6 heteroatoms. The van der Waals surface area contributed by atoms with E-state index in [-0.39, 0.29) is 11.2 Å². The van der Waals surface area contributed by atoms with E-state index in [9.17, 15) is 9.18 Å². The molecule has 5 nitrogen and oxygen atoms in total. The predicted molar refractivity (Wildman–Crippen MR) is 123 cm³/mol. The molecule has 0 saturated heterocycles. The number of fused-ring (bicyclic) bond motifs is 4. The number of carbonyl (C=O) groups is 1. The van der Waals surface area contributed by atoms with E-state index >= 15 is 0 Å². The quantitative estimate of drug-likeness (QED) is 0.444. The first-order valence-electron chi connectivity index (χ1n) is 11.7. The lowest BCUT2D eigenvalue weighted by Gasteiger charge is -2.44. The number of hydrogen-bond donors (Lipinski definition) is 0. The zero-order valence-electron chi connectivity index (χ0n) is 18.4. The van der Waals surface area contributed by atoms with Gasteiger partial charge in [0.05, 0.1) is 5.52 Å². The van der Waals surface area contributed by atoms with Crippen LogP contribution >= 0.6 is 0 Å². The maximum Gasteiger partial charge on any atom is 0.133 e. The molecule has 33 heavy (non-hydrogen) atoms. The van der Waals surface area contributed by atoms with Gasteiger partial charge >= 0.3 is 0 Å². The summed E-state index contributed by atoms with van der Waals surface area (Å²) in [7, 11) is 0. The van der Waals surface area contributed by atoms with Crippen molar-refractivity contribution in [2.75, 3.05) is 0 Å². The summed E-state index contributed by atoms with van der Waals surface area (Å²) in [6.45, 7) is 0. The molecule has 0 amide bonds. The maximum atomic E-state index is 13.4. The number of pyridine rings is 2. The van der Waals surface area contributed by atoms with E-state index in [1.165, 1.54) is 23.3 Å². The predicted octanol–water partition coefficient (Wildman–Crippen LogP) is 5.12. The van der Waals surface area contributed by atoms with Crippen LogP contribution in [0.3, 0.4) is 0 Å². The normalized spacial score (nSPS) is 22.6. The number of aromatic nitrogens is 4. The van der Waals surface area contributed by atoms with E-state index in [0.717, 1.165) is 54.6 Å². The first-order valence-corrected chi connectivity index (χ1v) is 11.7. The van der Waals surface area contributed by atoms with Crippen LogP contribution in [0.1, 0.15) is 48.9 Å². The van der Waals surface area contributed by atoms with Gasteiger partial charge < -0.3 is 0 Å². The third kappa shape index (κ3) is 3.45. The van der Waals surface area contributed by atoms with Crippen LogP contribution in [0.4, 0.5) is 4.39 Å². The molecular formula is C27H25FN4O. The Balaban J connectivity index is 1.52. The summed E-state index contributed by atoms with van der Waals surface area (Å²) in [6, 6.07) is 14.7. The van der Waals surface area contributed by atoms with Gasteiger partial charge in [0.1, 0.15) is 17.3 Å². The van der Waals surface area contributed by atoms with Crippen molar-refractivity contribution in [2.24, 2.45) is 5.92 Å². The Hall–Kier alpha value is -3.41. The Morgan fingerprint density at radius 1 is 1.12 bits per heavy atom. The van der Waals surface area contributed by atoms with E-state index < -0.39 is 0 Å². The van der Waals surface area contributed by atoms with Gasteiger partial charge in [-0.15, -0.1) is 5.10 Å². The van der Waals surface area contributed by atoms with Gasteiger partial charge in [0.25, 0.3) is 0 Å². The highest BCUT2D eigenvalue weighted by atomic mass is 19.1. The zero-order chi connectivity index (χ0) is 22.4. The van der Waals surface area contributed by atoms with E-state index in [1.54, 1.807) is 12.1 Å². The number of hydrogen-bond acceptors (Lipinski definition) is 4. The SMILES string of the molecule is O=C1CCC2(Cc3ccccn3)c3cn4nnc(-c5ccc(F)cc5)c4cc3CCCC2C1. The number of halogens is 1. The van der Waals surface area contributed by atoms with Gasteiger partial charge in [0.2, 0.25) is 0 Å². The maximum absolute atomic E-state index is 13.4. The largest absolute Gasteiger partial charge is 0.300 e. The fourth-order valence-electron chi connectivity index (χ4n) is 6.01. The van der Waals surface area contributed by atoms with Gasteiger partial charge in [0, 0.05) is 41.9 Å². The summed E-state index contributed by atoms with van der Waals surface area (Å²) >= 11 is 0. The van der Waals surface area contributed by atoms with Crippen molar-refractivity contribution < 1.29 is 9.18 Å². The highest BCUT2D eigenvalue weighted by Gasteiger charge is 2.47. The first-order chi connectivity index (χ1) is 16.1. The Bertz CT molecular complexity index is 1330. The molecule has 2 unspecified atom stereocenters. The van der Waals surface area contributed by atoms with Gasteiger partial charge in [-0.2, -0.15) is 0 Å². The molecule has 1 fully saturated rings. The molecule has 2 aliphatic carbocycles. The second kappa shape index (κ2) is 7.87. The molecule has 0 N–H and O–H groups in total. The highest BCUT2D eigenvalue weighted by molar-refractivity contribution is 5.81. The zero-order valence-corrected chi connectivity index (χ0v) is 18.4. The van der Waals surface area contributed by atoms with Crippen molar-refractivity contribution in [2.45, 2.75) is 50.4 Å². The van der Waals surface area contributed by atoms with Crippen LogP contribution in [0.15, 0.2) is 60.9 Å². The monoisotopic (exact) mass is 440 g/mol. The number of aryl methyl sites for hydroxylation is 1. The second-order valence-electron chi connectivity index (χ2n) is 9.47. The molecule has 6 rings (SSSR count). The molecular weight excluding hydrogens is 415 g/mol. The molecule has 2 atom stereocenters. The fraction of sp³-hybridized carbons (Fsp3) is 0.333. The number of carbonyl (C=O) groups excluding carboxylic acids is 1. The van der Waals surface area contributed by atoms with Gasteiger partial charge in [-0.05, 0) is 91.6 Å². The molecule has 3 heterocycles. The van der Waals surface area contributed by atoms with Crippen LogP contribution in [-0.2, 0) is 23.1 Å². The van der Waals surface area contributed by atoms with Crippen molar-refractivity contribution in [1.82, 2.24) is 19.8 Å². The summed E-state index contributed by atoms with van der Waals surface area (Å²) in [4.78, 5) is 17.1. The summed E-state index contributed by atoms with van der Waals surface area (Å²) in [6.07, 6.45) is 9.96. The van der Waals surface area contributed by atoms with Crippen LogP contribution in [-0.4, -0.2) is 25.6 Å². The van der Waals surface area contributed by atoms with E-state index in [0.29, 0.717) is 24.5 Å². The Morgan fingerprint density at radius 3 is 2.82 bits per heavy atom. The molecule has 1 saturated carbocycles. The number of ketones is 1. The first kappa shape index (κ1) is 20.2. The van der Waals surface area contributed by atoms with E-state index in [1.807, 2.05) is 22.8 Å². The van der Waals surface area contributed by atoms with Crippen molar-refractivity contribution in [3.63, 3.8) is 0 Å². The molecule has 3 aromatic heterocycles. The average molecular weight is 441 g/mol. The van der Waals surface area contributed by atoms with Gasteiger partial charge in [-0.3, -0.25) is 9.78 Å². The standard InChI is InChI=1S/C27H25FN4O/c28-21-9-7-18(8-10-21)26-25-14-19-4-3-5-20-15-23(33)11-12-27(20,16-22-6-1-2-13-29-22)24(19)17-32(25)31-30-26/h1-2,6-10,13-14,17,20H,3-5,11-12,15-16H2. The number of Topliss-reactive ketones (excluding diaryl/α,β-unsaturated/α-hetero) is 1. The second-order valence-corrected chi connectivity index (χ2v) is 9.47. The van der Waals surface area contributed by atoms with Crippen LogP contribution in [0, 0.1) is 11.7 Å². The van der Waals surface area contributed by atoms with E-state index in [4.69, 9.17) is 0 Å². The molecule has 4 aromatic rings.